The summed E-state index contributed by atoms with van der Waals surface area (Å²) in [5.41, 5.74) is 1.04. The highest BCUT2D eigenvalue weighted by atomic mass is 35.5. The highest BCUT2D eigenvalue weighted by Gasteiger charge is 2.03. The first kappa shape index (κ1) is 13.3. The zero-order valence-electron chi connectivity index (χ0n) is 9.16. The normalized spacial score (nSPS) is 11.4. The number of hydrogen-bond donors (Lipinski definition) is 1. The zero-order valence-corrected chi connectivity index (χ0v) is 10.7. The van der Waals surface area contributed by atoms with E-state index in [0.717, 1.165) is 11.8 Å². The van der Waals surface area contributed by atoms with Crippen molar-refractivity contribution in [3.8, 4) is 5.75 Å². The van der Waals surface area contributed by atoms with Crippen molar-refractivity contribution in [2.75, 3.05) is 19.4 Å². The van der Waals surface area contributed by atoms with Crippen LogP contribution in [0.5, 0.6) is 5.75 Å². The lowest BCUT2D eigenvalue weighted by atomic mass is 10.2. The summed E-state index contributed by atoms with van der Waals surface area (Å²) < 4.78 is 29.2. The molecule has 0 fully saturated rings. The van der Waals surface area contributed by atoms with E-state index in [4.69, 9.17) is 16.3 Å². The van der Waals surface area contributed by atoms with Crippen molar-refractivity contribution in [3.05, 3.63) is 28.8 Å². The maximum absolute atomic E-state index is 10.8. The number of halogens is 1. The van der Waals surface area contributed by atoms with E-state index in [9.17, 15) is 8.42 Å². The van der Waals surface area contributed by atoms with Crippen molar-refractivity contribution in [1.82, 2.24) is 4.72 Å². The number of nitrogens with one attached hydrogen (secondary N) is 1. The molecule has 90 valence electrons. The summed E-state index contributed by atoms with van der Waals surface area (Å²) in [6, 6.07) is 5.43. The summed E-state index contributed by atoms with van der Waals surface area (Å²) in [6.45, 7) is 2.40. The molecule has 0 bridgehead atoms. The van der Waals surface area contributed by atoms with Crippen LogP contribution in [0.4, 0.5) is 0 Å². The van der Waals surface area contributed by atoms with Gasteiger partial charge in [-0.2, -0.15) is 0 Å². The lowest BCUT2D eigenvalue weighted by Gasteiger charge is -2.08. The van der Waals surface area contributed by atoms with E-state index in [1.165, 1.54) is 0 Å². The SMILES string of the molecule is Cc1ccc(Cl)c(OCCNS(C)(=O)=O)c1. The third kappa shape index (κ3) is 4.83. The van der Waals surface area contributed by atoms with Crippen molar-refractivity contribution in [1.29, 1.82) is 0 Å². The second-order valence-electron chi connectivity index (χ2n) is 3.45. The van der Waals surface area contributed by atoms with Crippen molar-refractivity contribution in [3.63, 3.8) is 0 Å². The molecule has 0 aliphatic carbocycles. The summed E-state index contributed by atoms with van der Waals surface area (Å²) in [4.78, 5) is 0. The minimum absolute atomic E-state index is 0.225. The van der Waals surface area contributed by atoms with Gasteiger partial charge in [-0.3, -0.25) is 0 Å². The Balaban J connectivity index is 2.46. The van der Waals surface area contributed by atoms with E-state index in [0.29, 0.717) is 10.8 Å². The maximum Gasteiger partial charge on any atom is 0.208 e. The van der Waals surface area contributed by atoms with E-state index in [1.54, 1.807) is 6.07 Å². The Morgan fingerprint density at radius 2 is 2.12 bits per heavy atom. The summed E-state index contributed by atoms with van der Waals surface area (Å²) in [5, 5.41) is 0.518. The molecule has 1 aromatic carbocycles. The van der Waals surface area contributed by atoms with Crippen LogP contribution in [0.15, 0.2) is 18.2 Å². The number of ether oxygens (including phenoxy) is 1. The van der Waals surface area contributed by atoms with Crippen molar-refractivity contribution in [2.45, 2.75) is 6.92 Å². The fraction of sp³-hybridized carbons (Fsp3) is 0.400. The molecule has 6 heteroatoms. The van der Waals surface area contributed by atoms with Crippen LogP contribution in [0.3, 0.4) is 0 Å². The fourth-order valence-electron chi connectivity index (χ4n) is 1.11. The van der Waals surface area contributed by atoms with Gasteiger partial charge >= 0.3 is 0 Å². The Labute approximate surface area is 101 Å². The van der Waals surface area contributed by atoms with Crippen LogP contribution in [-0.2, 0) is 10.0 Å². The van der Waals surface area contributed by atoms with Gasteiger partial charge in [-0.15, -0.1) is 0 Å². The van der Waals surface area contributed by atoms with Gasteiger partial charge in [-0.05, 0) is 24.6 Å². The molecule has 0 aliphatic rings. The quantitative estimate of drug-likeness (QED) is 0.821. The lowest BCUT2D eigenvalue weighted by Crippen LogP contribution is -2.26. The zero-order chi connectivity index (χ0) is 12.2. The van der Waals surface area contributed by atoms with Gasteiger partial charge < -0.3 is 4.74 Å². The monoisotopic (exact) mass is 263 g/mol. The molecule has 0 saturated carbocycles. The predicted octanol–water partition coefficient (Wildman–Crippen LogP) is 1.58. The van der Waals surface area contributed by atoms with Gasteiger partial charge in [-0.25, -0.2) is 13.1 Å². The Bertz CT molecular complexity index is 459. The molecule has 4 nitrogen and oxygen atoms in total. The molecule has 0 spiro atoms. The van der Waals surface area contributed by atoms with E-state index in [-0.39, 0.29) is 13.2 Å². The summed E-state index contributed by atoms with van der Waals surface area (Å²) in [6.07, 6.45) is 1.10. The molecule has 0 amide bonds. The predicted molar refractivity (Wildman–Crippen MR) is 64.5 cm³/mol. The number of hydrogen-bond acceptors (Lipinski definition) is 3. The van der Waals surface area contributed by atoms with Crippen LogP contribution in [-0.4, -0.2) is 27.8 Å². The number of aryl methyl sites for hydroxylation is 1. The summed E-state index contributed by atoms with van der Waals surface area (Å²) in [7, 11) is -3.16. The molecule has 0 heterocycles. The molecule has 1 aromatic rings. The average molecular weight is 264 g/mol. The van der Waals surface area contributed by atoms with E-state index >= 15 is 0 Å². The van der Waals surface area contributed by atoms with Gasteiger partial charge in [0.1, 0.15) is 12.4 Å². The molecule has 16 heavy (non-hydrogen) atoms. The van der Waals surface area contributed by atoms with E-state index in [1.807, 2.05) is 19.1 Å². The first-order valence-electron chi connectivity index (χ1n) is 4.72. The average Bonchev–Trinajstić information content (AvgIpc) is 2.16. The number of sulfonamides is 1. The second kappa shape index (κ2) is 5.52. The molecule has 0 aliphatic heterocycles. The van der Waals surface area contributed by atoms with Gasteiger partial charge in [0, 0.05) is 6.54 Å². The largest absolute Gasteiger partial charge is 0.491 e. The summed E-state index contributed by atoms with van der Waals surface area (Å²) >= 11 is 5.90. The van der Waals surface area contributed by atoms with Gasteiger partial charge in [0.2, 0.25) is 10.0 Å². The molecule has 0 radical (unpaired) electrons. The minimum Gasteiger partial charge on any atom is -0.491 e. The van der Waals surface area contributed by atoms with Crippen LogP contribution in [0.25, 0.3) is 0 Å². The molecule has 1 N–H and O–H groups in total. The van der Waals surface area contributed by atoms with Crippen LogP contribution < -0.4 is 9.46 Å². The Kier molecular flexibility index (Phi) is 4.58. The van der Waals surface area contributed by atoms with E-state index < -0.39 is 10.0 Å². The van der Waals surface area contributed by atoms with Gasteiger partial charge in [-0.1, -0.05) is 17.7 Å². The van der Waals surface area contributed by atoms with Crippen LogP contribution >= 0.6 is 11.6 Å². The molecular formula is C10H14ClNO3S. The minimum atomic E-state index is -3.16. The highest BCUT2D eigenvalue weighted by molar-refractivity contribution is 7.88. The smallest absolute Gasteiger partial charge is 0.208 e. The molecule has 0 saturated heterocycles. The number of rotatable bonds is 5. The van der Waals surface area contributed by atoms with Crippen LogP contribution in [0, 0.1) is 6.92 Å². The van der Waals surface area contributed by atoms with Gasteiger partial charge in [0.25, 0.3) is 0 Å². The van der Waals surface area contributed by atoms with E-state index in [2.05, 4.69) is 4.72 Å². The first-order chi connectivity index (χ1) is 7.38. The van der Waals surface area contributed by atoms with Crippen molar-refractivity contribution >= 4 is 21.6 Å². The molecule has 0 aromatic heterocycles. The van der Waals surface area contributed by atoms with Gasteiger partial charge in [0.05, 0.1) is 11.3 Å². The van der Waals surface area contributed by atoms with Crippen molar-refractivity contribution in [2.24, 2.45) is 0 Å². The fourth-order valence-corrected chi connectivity index (χ4v) is 1.74. The third-order valence-electron chi connectivity index (χ3n) is 1.81. The third-order valence-corrected chi connectivity index (χ3v) is 2.85. The molecule has 0 atom stereocenters. The second-order valence-corrected chi connectivity index (χ2v) is 5.69. The van der Waals surface area contributed by atoms with Gasteiger partial charge in [0.15, 0.2) is 0 Å². The number of benzene rings is 1. The standard InChI is InChI=1S/C10H14ClNO3S/c1-8-3-4-9(11)10(7-8)15-6-5-12-16(2,13)14/h3-4,7,12H,5-6H2,1-2H3. The summed E-state index contributed by atoms with van der Waals surface area (Å²) in [5.74, 6) is 0.567. The Morgan fingerprint density at radius 3 is 2.75 bits per heavy atom. The van der Waals surface area contributed by atoms with Crippen molar-refractivity contribution < 1.29 is 13.2 Å². The lowest BCUT2D eigenvalue weighted by molar-refractivity contribution is 0.323. The molecule has 1 rings (SSSR count). The topological polar surface area (TPSA) is 55.4 Å². The highest BCUT2D eigenvalue weighted by Crippen LogP contribution is 2.24. The van der Waals surface area contributed by atoms with Crippen LogP contribution in [0.2, 0.25) is 5.02 Å². The maximum atomic E-state index is 10.8. The Hall–Kier alpha value is -0.780. The molecule has 0 unspecified atom stereocenters. The Morgan fingerprint density at radius 1 is 1.44 bits per heavy atom. The molecular weight excluding hydrogens is 250 g/mol. The van der Waals surface area contributed by atoms with Crippen LogP contribution in [0.1, 0.15) is 5.56 Å². The first-order valence-corrected chi connectivity index (χ1v) is 6.99.